The van der Waals surface area contributed by atoms with Gasteiger partial charge in [-0.25, -0.2) is 0 Å². The third-order valence-electron chi connectivity index (χ3n) is 6.71. The first-order chi connectivity index (χ1) is 16.5. The van der Waals surface area contributed by atoms with E-state index >= 15 is 0 Å². The number of methoxy groups -OCH3 is 1. The van der Waals surface area contributed by atoms with Crippen molar-refractivity contribution in [1.29, 1.82) is 0 Å². The van der Waals surface area contributed by atoms with Crippen LogP contribution < -0.4 is 10.1 Å². The maximum Gasteiger partial charge on any atom is 0.256 e. The summed E-state index contributed by atoms with van der Waals surface area (Å²) in [6.07, 6.45) is 3.60. The quantitative estimate of drug-likeness (QED) is 0.584. The monoisotopic (exact) mass is 456 g/mol. The molecule has 34 heavy (non-hydrogen) atoms. The van der Waals surface area contributed by atoms with Gasteiger partial charge in [0.2, 0.25) is 0 Å². The molecule has 7 nitrogen and oxygen atoms in total. The molecule has 0 spiro atoms. The first kappa shape index (κ1) is 22.0. The highest BCUT2D eigenvalue weighted by molar-refractivity contribution is 6.36. The Morgan fingerprint density at radius 1 is 1.03 bits per heavy atom. The van der Waals surface area contributed by atoms with Crippen LogP contribution in [-0.4, -0.2) is 66.9 Å². The summed E-state index contributed by atoms with van der Waals surface area (Å²) in [4.78, 5) is 33.5. The molecule has 174 valence electrons. The molecule has 5 rings (SSSR count). The van der Waals surface area contributed by atoms with E-state index in [1.165, 1.54) is 0 Å². The Morgan fingerprint density at radius 3 is 2.53 bits per heavy atom. The van der Waals surface area contributed by atoms with Crippen LogP contribution in [0.2, 0.25) is 0 Å². The van der Waals surface area contributed by atoms with Gasteiger partial charge >= 0.3 is 0 Å². The summed E-state index contributed by atoms with van der Waals surface area (Å²) in [5, 5.41) is 2.98. The predicted octanol–water partition coefficient (Wildman–Crippen LogP) is 3.88. The van der Waals surface area contributed by atoms with Gasteiger partial charge in [0, 0.05) is 54.9 Å². The van der Waals surface area contributed by atoms with Crippen molar-refractivity contribution in [2.75, 3.05) is 45.7 Å². The zero-order valence-corrected chi connectivity index (χ0v) is 19.6. The zero-order valence-electron chi connectivity index (χ0n) is 19.6. The fourth-order valence-corrected chi connectivity index (χ4v) is 4.69. The Hall–Kier alpha value is -3.84. The molecule has 3 aromatic rings. The van der Waals surface area contributed by atoms with Crippen LogP contribution in [0.15, 0.2) is 48.7 Å². The number of benzene rings is 2. The maximum atomic E-state index is 13.1. The van der Waals surface area contributed by atoms with Crippen molar-refractivity contribution < 1.29 is 14.3 Å². The van der Waals surface area contributed by atoms with Gasteiger partial charge in [0.05, 0.1) is 18.2 Å². The number of H-pyrrole nitrogens is 1. The van der Waals surface area contributed by atoms with E-state index < -0.39 is 0 Å². The van der Waals surface area contributed by atoms with Crippen LogP contribution in [-0.2, 0) is 4.79 Å². The number of nitrogens with one attached hydrogen (secondary N) is 2. The number of piperazine rings is 1. The number of aromatic nitrogens is 1. The lowest BCUT2D eigenvalue weighted by Gasteiger charge is -2.32. The summed E-state index contributed by atoms with van der Waals surface area (Å²) in [6, 6.07) is 13.6. The van der Waals surface area contributed by atoms with Crippen LogP contribution >= 0.6 is 0 Å². The van der Waals surface area contributed by atoms with E-state index in [0.29, 0.717) is 24.2 Å². The summed E-state index contributed by atoms with van der Waals surface area (Å²) >= 11 is 0. The molecule has 2 aliphatic rings. The molecule has 0 bridgehead atoms. The number of rotatable bonds is 4. The fraction of sp³-hybridized carbons (Fsp3) is 0.259. The van der Waals surface area contributed by atoms with Crippen LogP contribution in [0, 0.1) is 6.92 Å². The maximum absolute atomic E-state index is 13.1. The number of anilines is 1. The second kappa shape index (κ2) is 8.83. The third kappa shape index (κ3) is 3.78. The lowest BCUT2D eigenvalue weighted by Crippen LogP contribution is -2.47. The van der Waals surface area contributed by atoms with Crippen molar-refractivity contribution in [2.24, 2.45) is 0 Å². The van der Waals surface area contributed by atoms with Gasteiger partial charge in [-0.2, -0.15) is 0 Å². The van der Waals surface area contributed by atoms with Crippen LogP contribution in [0.25, 0.3) is 22.8 Å². The highest BCUT2D eigenvalue weighted by atomic mass is 16.5. The number of likely N-dealkylation sites (N-methyl/N-ethyl adjacent to an activating group) is 1. The van der Waals surface area contributed by atoms with E-state index in [4.69, 9.17) is 4.74 Å². The molecule has 2 N–H and O–H groups in total. The van der Waals surface area contributed by atoms with Gasteiger partial charge in [-0.3, -0.25) is 9.59 Å². The third-order valence-corrected chi connectivity index (χ3v) is 6.71. The largest absolute Gasteiger partial charge is 0.496 e. The number of hydrogen-bond acceptors (Lipinski definition) is 4. The molecule has 0 unspecified atom stereocenters. The normalized spacial score (nSPS) is 17.1. The van der Waals surface area contributed by atoms with E-state index in [9.17, 15) is 9.59 Å². The van der Waals surface area contributed by atoms with Crippen LogP contribution in [0.1, 0.15) is 27.2 Å². The molecule has 1 fully saturated rings. The van der Waals surface area contributed by atoms with Crippen LogP contribution in [0.4, 0.5) is 5.69 Å². The highest BCUT2D eigenvalue weighted by Gasteiger charge is 2.29. The summed E-state index contributed by atoms with van der Waals surface area (Å²) in [6.45, 7) is 5.10. The number of hydrogen-bond donors (Lipinski definition) is 2. The Morgan fingerprint density at radius 2 is 1.76 bits per heavy atom. The topological polar surface area (TPSA) is 77.7 Å². The van der Waals surface area contributed by atoms with Crippen molar-refractivity contribution in [3.05, 3.63) is 71.0 Å². The Balaban J connectivity index is 1.54. The van der Waals surface area contributed by atoms with E-state index in [1.807, 2.05) is 60.4 Å². The predicted molar refractivity (Wildman–Crippen MR) is 134 cm³/mol. The minimum absolute atomic E-state index is 0.0254. The van der Waals surface area contributed by atoms with Crippen molar-refractivity contribution in [1.82, 2.24) is 14.8 Å². The molecule has 1 saturated heterocycles. The summed E-state index contributed by atoms with van der Waals surface area (Å²) in [5.74, 6) is 0.599. The van der Waals surface area contributed by atoms with E-state index in [2.05, 4.69) is 22.2 Å². The molecule has 0 radical (unpaired) electrons. The van der Waals surface area contributed by atoms with Crippen molar-refractivity contribution >= 4 is 29.2 Å². The Bertz CT molecular complexity index is 1300. The van der Waals surface area contributed by atoms with E-state index in [0.717, 1.165) is 52.5 Å². The van der Waals surface area contributed by atoms with Gasteiger partial charge in [-0.05, 0) is 43.3 Å². The second-order valence-electron chi connectivity index (χ2n) is 8.78. The molecule has 3 heterocycles. The Kier molecular flexibility index (Phi) is 5.71. The average molecular weight is 457 g/mol. The number of carbonyl (C=O) groups is 2. The molecule has 7 heteroatoms. The molecule has 0 atom stereocenters. The number of fused-ring (bicyclic) bond motifs is 1. The SMILES string of the molecule is COc1ccccc1-c1cccc2c1/C(=C/c1[nH]cc(C(=O)N3CCN(C)CC3)c1C)C(=O)N2. The zero-order chi connectivity index (χ0) is 23.8. The number of amides is 2. The second-order valence-corrected chi connectivity index (χ2v) is 8.78. The molecule has 0 aliphatic carbocycles. The fourth-order valence-electron chi connectivity index (χ4n) is 4.69. The number of para-hydroxylation sites is 1. The summed E-state index contributed by atoms with van der Waals surface area (Å²) in [7, 11) is 3.71. The molecule has 0 saturated carbocycles. The molecule has 1 aromatic heterocycles. The number of ether oxygens (including phenoxy) is 1. The molecular formula is C27H28N4O3. The van der Waals surface area contributed by atoms with Gasteiger partial charge in [0.25, 0.3) is 11.8 Å². The summed E-state index contributed by atoms with van der Waals surface area (Å²) < 4.78 is 5.58. The molecule has 2 aliphatic heterocycles. The number of carbonyl (C=O) groups excluding carboxylic acids is 2. The number of aromatic amines is 1. The smallest absolute Gasteiger partial charge is 0.256 e. The lowest BCUT2D eigenvalue weighted by molar-refractivity contribution is -0.110. The van der Waals surface area contributed by atoms with Crippen LogP contribution in [0.3, 0.4) is 0 Å². The van der Waals surface area contributed by atoms with Crippen molar-refractivity contribution in [3.63, 3.8) is 0 Å². The van der Waals surface area contributed by atoms with Gasteiger partial charge in [0.1, 0.15) is 5.75 Å². The first-order valence-corrected chi connectivity index (χ1v) is 11.4. The van der Waals surface area contributed by atoms with E-state index in [-0.39, 0.29) is 11.8 Å². The molecular weight excluding hydrogens is 428 g/mol. The Labute approximate surface area is 199 Å². The van der Waals surface area contributed by atoms with Gasteiger partial charge in [0.15, 0.2) is 0 Å². The molecule has 2 amide bonds. The van der Waals surface area contributed by atoms with Crippen LogP contribution in [0.5, 0.6) is 5.75 Å². The average Bonchev–Trinajstić information content (AvgIpc) is 3.38. The minimum Gasteiger partial charge on any atom is -0.496 e. The minimum atomic E-state index is -0.168. The summed E-state index contributed by atoms with van der Waals surface area (Å²) in [5.41, 5.74) is 6.22. The number of nitrogens with zero attached hydrogens (tertiary/aromatic N) is 2. The highest BCUT2D eigenvalue weighted by Crippen LogP contribution is 2.43. The van der Waals surface area contributed by atoms with Crippen molar-refractivity contribution in [3.8, 4) is 16.9 Å². The van der Waals surface area contributed by atoms with Gasteiger partial charge in [-0.1, -0.05) is 30.3 Å². The standard InChI is InChI=1S/C27H28N4O3/c1-17-21(27(33)31-13-11-30(2)12-14-31)16-28-23(17)15-20-25-19(8-6-9-22(25)29-26(20)32)18-7-4-5-10-24(18)34-3/h4-10,15-16,28H,11-14H2,1-3H3,(H,29,32)/b20-15-. The lowest BCUT2D eigenvalue weighted by atomic mass is 9.93. The van der Waals surface area contributed by atoms with E-state index in [1.54, 1.807) is 13.3 Å². The first-order valence-electron chi connectivity index (χ1n) is 11.4. The molecule has 2 aromatic carbocycles. The van der Waals surface area contributed by atoms with Crippen molar-refractivity contribution in [2.45, 2.75) is 6.92 Å². The van der Waals surface area contributed by atoms with Gasteiger partial charge in [-0.15, -0.1) is 0 Å². The van der Waals surface area contributed by atoms with Gasteiger partial charge < -0.3 is 24.8 Å².